The highest BCUT2D eigenvalue weighted by Gasteiger charge is 2.48. The normalized spacial score (nSPS) is 16.7. The third kappa shape index (κ3) is 4.59. The highest BCUT2D eigenvalue weighted by atomic mass is 35.5. The van der Waals surface area contributed by atoms with Crippen molar-refractivity contribution in [2.24, 2.45) is 5.92 Å². The Labute approximate surface area is 142 Å². The summed E-state index contributed by atoms with van der Waals surface area (Å²) in [6, 6.07) is 5.19. The summed E-state index contributed by atoms with van der Waals surface area (Å²) >= 11 is 6.19. The number of rotatable bonds is 9. The molecule has 1 aromatic carbocycles. The van der Waals surface area contributed by atoms with Gasteiger partial charge < -0.3 is 19.5 Å². The van der Waals surface area contributed by atoms with Crippen LogP contribution in [0.2, 0.25) is 5.02 Å². The van der Waals surface area contributed by atoms with Gasteiger partial charge in [0, 0.05) is 19.4 Å². The Kier molecular flexibility index (Phi) is 6.27. The Morgan fingerprint density at radius 2 is 2.13 bits per heavy atom. The van der Waals surface area contributed by atoms with Gasteiger partial charge in [0.25, 0.3) is 5.91 Å². The van der Waals surface area contributed by atoms with E-state index in [9.17, 15) is 4.79 Å². The summed E-state index contributed by atoms with van der Waals surface area (Å²) in [5.74, 6) is 0.719. The topological polar surface area (TPSA) is 56.8 Å². The summed E-state index contributed by atoms with van der Waals surface area (Å²) in [6.07, 6.45) is 2.05. The Morgan fingerprint density at radius 1 is 1.39 bits per heavy atom. The molecule has 1 atom stereocenters. The maximum absolute atomic E-state index is 12.6. The second-order valence-corrected chi connectivity index (χ2v) is 6.16. The second-order valence-electron chi connectivity index (χ2n) is 5.75. The Morgan fingerprint density at radius 3 is 2.70 bits per heavy atom. The summed E-state index contributed by atoms with van der Waals surface area (Å²) in [7, 11) is 1.61. The molecule has 1 aliphatic rings. The van der Waals surface area contributed by atoms with E-state index in [4.69, 9.17) is 25.8 Å². The number of methoxy groups -OCH3 is 1. The molecule has 0 aromatic heterocycles. The molecular weight excluding hydrogens is 318 g/mol. The smallest absolute Gasteiger partial charge is 0.256 e. The van der Waals surface area contributed by atoms with Gasteiger partial charge in [0.15, 0.2) is 0 Å². The Balaban J connectivity index is 2.01. The number of carbonyl (C=O) groups is 1. The van der Waals surface area contributed by atoms with Gasteiger partial charge in [0.2, 0.25) is 0 Å². The monoisotopic (exact) mass is 341 g/mol. The zero-order valence-corrected chi connectivity index (χ0v) is 14.6. The maximum atomic E-state index is 12.6. The first-order valence-electron chi connectivity index (χ1n) is 7.88. The predicted molar refractivity (Wildman–Crippen MR) is 90.2 cm³/mol. The number of anilines is 1. The number of halogens is 1. The molecule has 1 amide bonds. The maximum Gasteiger partial charge on any atom is 0.256 e. The van der Waals surface area contributed by atoms with Crippen molar-refractivity contribution in [1.82, 2.24) is 0 Å². The van der Waals surface area contributed by atoms with Gasteiger partial charge >= 0.3 is 0 Å². The molecule has 0 saturated heterocycles. The molecule has 1 aromatic rings. The average Bonchev–Trinajstić information content (AvgIpc) is 3.35. The van der Waals surface area contributed by atoms with Crippen LogP contribution in [-0.2, 0) is 14.3 Å². The van der Waals surface area contributed by atoms with Crippen LogP contribution in [0.15, 0.2) is 18.2 Å². The molecule has 1 N–H and O–H groups in total. The van der Waals surface area contributed by atoms with Crippen molar-refractivity contribution in [1.29, 1.82) is 0 Å². The van der Waals surface area contributed by atoms with Gasteiger partial charge in [-0.1, -0.05) is 11.6 Å². The van der Waals surface area contributed by atoms with E-state index in [1.807, 2.05) is 13.8 Å². The highest BCUT2D eigenvalue weighted by molar-refractivity contribution is 6.32. The molecule has 0 aliphatic heterocycles. The quantitative estimate of drug-likeness (QED) is 0.698. The molecule has 0 bridgehead atoms. The highest BCUT2D eigenvalue weighted by Crippen LogP contribution is 2.42. The molecule has 23 heavy (non-hydrogen) atoms. The first kappa shape index (κ1) is 18.0. The van der Waals surface area contributed by atoms with Gasteiger partial charge in [-0.3, -0.25) is 4.79 Å². The van der Waals surface area contributed by atoms with E-state index in [1.165, 1.54) is 0 Å². The van der Waals surface area contributed by atoms with Crippen molar-refractivity contribution < 1.29 is 19.0 Å². The minimum atomic E-state index is -0.783. The number of hydrogen-bond acceptors (Lipinski definition) is 4. The van der Waals surface area contributed by atoms with Gasteiger partial charge in [-0.25, -0.2) is 0 Å². The van der Waals surface area contributed by atoms with Crippen LogP contribution in [0, 0.1) is 5.92 Å². The summed E-state index contributed by atoms with van der Waals surface area (Å²) in [5, 5.41) is 3.34. The number of hydrogen-bond donors (Lipinski definition) is 1. The second kappa shape index (κ2) is 7.99. The molecule has 2 rings (SSSR count). The van der Waals surface area contributed by atoms with E-state index in [2.05, 4.69) is 5.32 Å². The van der Waals surface area contributed by atoms with Gasteiger partial charge in [-0.15, -0.1) is 0 Å². The van der Waals surface area contributed by atoms with Gasteiger partial charge in [0.05, 0.1) is 11.6 Å². The van der Waals surface area contributed by atoms with Crippen LogP contribution < -0.4 is 10.1 Å². The molecule has 0 unspecified atom stereocenters. The molecule has 0 radical (unpaired) electrons. The number of nitrogens with one attached hydrogen (secondary N) is 1. The molecule has 1 aliphatic carbocycles. The van der Waals surface area contributed by atoms with E-state index in [-0.39, 0.29) is 11.8 Å². The lowest BCUT2D eigenvalue weighted by Crippen LogP contribution is -2.44. The number of ether oxygens (including phenoxy) is 3. The fourth-order valence-electron chi connectivity index (χ4n) is 2.49. The molecule has 1 saturated carbocycles. The third-order valence-corrected chi connectivity index (χ3v) is 4.28. The van der Waals surface area contributed by atoms with Crippen LogP contribution in [-0.4, -0.2) is 38.4 Å². The molecule has 5 nitrogen and oxygen atoms in total. The van der Waals surface area contributed by atoms with Gasteiger partial charge in [-0.05, 0) is 50.8 Å². The van der Waals surface area contributed by atoms with E-state index in [0.29, 0.717) is 36.3 Å². The number of amides is 1. The SMILES string of the molecule is CCO[C@](C)(C(=O)Nc1ccc(OCCOC)c(Cl)c1)C1CC1. The van der Waals surface area contributed by atoms with Crippen molar-refractivity contribution in [3.63, 3.8) is 0 Å². The summed E-state index contributed by atoms with van der Waals surface area (Å²) in [4.78, 5) is 12.6. The van der Waals surface area contributed by atoms with E-state index < -0.39 is 5.60 Å². The molecule has 0 heterocycles. The summed E-state index contributed by atoms with van der Waals surface area (Å²) in [5.41, 5.74) is -0.153. The lowest BCUT2D eigenvalue weighted by molar-refractivity contribution is -0.141. The van der Waals surface area contributed by atoms with Crippen LogP contribution in [0.5, 0.6) is 5.75 Å². The minimum Gasteiger partial charge on any atom is -0.490 e. The molecule has 6 heteroatoms. The first-order chi connectivity index (χ1) is 11.0. The largest absolute Gasteiger partial charge is 0.490 e. The van der Waals surface area contributed by atoms with Crippen LogP contribution in [0.1, 0.15) is 26.7 Å². The number of benzene rings is 1. The Hall–Kier alpha value is -1.30. The molecule has 1 fully saturated rings. The molecule has 128 valence electrons. The van der Waals surface area contributed by atoms with Crippen LogP contribution in [0.3, 0.4) is 0 Å². The summed E-state index contributed by atoms with van der Waals surface area (Å²) in [6.45, 7) is 5.17. The van der Waals surface area contributed by atoms with Crippen molar-refractivity contribution in [2.75, 3.05) is 32.2 Å². The predicted octanol–water partition coefficient (Wildman–Crippen LogP) is 3.51. The van der Waals surface area contributed by atoms with E-state index >= 15 is 0 Å². The van der Waals surface area contributed by atoms with Crippen molar-refractivity contribution in [2.45, 2.75) is 32.3 Å². The summed E-state index contributed by atoms with van der Waals surface area (Å²) < 4.78 is 16.1. The average molecular weight is 342 g/mol. The standard InChI is InChI=1S/C17H24ClNO4/c1-4-23-17(2,12-5-6-12)16(20)19-13-7-8-15(14(18)11-13)22-10-9-21-3/h7-8,11-12H,4-6,9-10H2,1-3H3,(H,19,20)/t17-/m0/s1. The van der Waals surface area contributed by atoms with Gasteiger partial charge in [0.1, 0.15) is 18.0 Å². The lowest BCUT2D eigenvalue weighted by Gasteiger charge is -2.28. The van der Waals surface area contributed by atoms with Crippen LogP contribution in [0.25, 0.3) is 0 Å². The lowest BCUT2D eigenvalue weighted by atomic mass is 9.99. The van der Waals surface area contributed by atoms with Crippen LogP contribution >= 0.6 is 11.6 Å². The zero-order chi connectivity index (χ0) is 16.9. The zero-order valence-electron chi connectivity index (χ0n) is 13.9. The van der Waals surface area contributed by atoms with Crippen molar-refractivity contribution in [3.8, 4) is 5.75 Å². The van der Waals surface area contributed by atoms with E-state index in [1.54, 1.807) is 25.3 Å². The fraction of sp³-hybridized carbons (Fsp3) is 0.588. The number of carbonyl (C=O) groups excluding carboxylic acids is 1. The first-order valence-corrected chi connectivity index (χ1v) is 8.25. The molecular formula is C17H24ClNO4. The van der Waals surface area contributed by atoms with Crippen LogP contribution in [0.4, 0.5) is 5.69 Å². The van der Waals surface area contributed by atoms with Crippen molar-refractivity contribution in [3.05, 3.63) is 23.2 Å². The Bertz CT molecular complexity index is 547. The fourth-order valence-corrected chi connectivity index (χ4v) is 2.72. The third-order valence-electron chi connectivity index (χ3n) is 3.99. The molecule has 0 spiro atoms. The minimum absolute atomic E-state index is 0.133. The van der Waals surface area contributed by atoms with Crippen molar-refractivity contribution >= 4 is 23.2 Å². The van der Waals surface area contributed by atoms with Gasteiger partial charge in [-0.2, -0.15) is 0 Å². The van der Waals surface area contributed by atoms with E-state index in [0.717, 1.165) is 12.8 Å².